The number of rotatable bonds is 3. The van der Waals surface area contributed by atoms with Crippen LogP contribution in [0.5, 0.6) is 0 Å². The minimum absolute atomic E-state index is 0.184. The van der Waals surface area contributed by atoms with Gasteiger partial charge in [0.25, 0.3) is 5.91 Å². The Morgan fingerprint density at radius 3 is 2.33 bits per heavy atom. The van der Waals surface area contributed by atoms with E-state index in [0.29, 0.717) is 16.9 Å². The molecule has 0 atom stereocenters. The molecule has 1 amide bonds. The molecule has 0 fully saturated rings. The smallest absolute Gasteiger partial charge is 0.340 e. The van der Waals surface area contributed by atoms with E-state index in [1.165, 1.54) is 30.2 Å². The predicted octanol–water partition coefficient (Wildman–Crippen LogP) is 4.32. The Morgan fingerprint density at radius 1 is 1.07 bits per heavy atom. The molecule has 0 saturated heterocycles. The highest BCUT2D eigenvalue weighted by Gasteiger charge is 2.38. The highest BCUT2D eigenvalue weighted by molar-refractivity contribution is 6.23. The van der Waals surface area contributed by atoms with Gasteiger partial charge in [-0.25, -0.2) is 9.18 Å². The Balaban J connectivity index is 2.17. The molecule has 5 heteroatoms. The van der Waals surface area contributed by atoms with E-state index in [1.807, 2.05) is 32.0 Å². The van der Waals surface area contributed by atoms with Crippen molar-refractivity contribution in [3.63, 3.8) is 0 Å². The molecule has 0 saturated carbocycles. The number of esters is 1. The van der Waals surface area contributed by atoms with Crippen LogP contribution in [0.25, 0.3) is 6.08 Å². The summed E-state index contributed by atoms with van der Waals surface area (Å²) in [5, 5.41) is 0. The summed E-state index contributed by atoms with van der Waals surface area (Å²) in [6.07, 6.45) is 1.52. The number of anilines is 1. The molecule has 0 unspecified atom stereocenters. The minimum atomic E-state index is -0.602. The van der Waals surface area contributed by atoms with Gasteiger partial charge in [-0.3, -0.25) is 9.69 Å². The molecule has 0 aliphatic carbocycles. The normalized spacial score (nSPS) is 15.7. The summed E-state index contributed by atoms with van der Waals surface area (Å²) < 4.78 is 18.4. The van der Waals surface area contributed by atoms with E-state index < -0.39 is 11.8 Å². The molecule has 0 bridgehead atoms. The SMILES string of the molecule is COC(=O)C1=C(C)N(c2cc(C)cc(C)c2)C(=O)/C1=C\c1cccc(F)c1. The zero-order valence-corrected chi connectivity index (χ0v) is 15.7. The van der Waals surface area contributed by atoms with Crippen LogP contribution in [0.4, 0.5) is 10.1 Å². The van der Waals surface area contributed by atoms with Crippen LogP contribution in [0.2, 0.25) is 0 Å². The molecule has 1 heterocycles. The number of benzene rings is 2. The number of hydrogen-bond donors (Lipinski definition) is 0. The average Bonchev–Trinajstić information content (AvgIpc) is 2.83. The van der Waals surface area contributed by atoms with E-state index in [2.05, 4.69) is 0 Å². The predicted molar refractivity (Wildman–Crippen MR) is 102 cm³/mol. The first-order valence-corrected chi connectivity index (χ1v) is 8.51. The Hall–Kier alpha value is -3.21. The third-order valence-corrected chi connectivity index (χ3v) is 4.41. The van der Waals surface area contributed by atoms with Crippen LogP contribution in [0, 0.1) is 19.7 Å². The summed E-state index contributed by atoms with van der Waals surface area (Å²) >= 11 is 0. The van der Waals surface area contributed by atoms with Gasteiger partial charge in [-0.05, 0) is 67.8 Å². The fourth-order valence-electron chi connectivity index (χ4n) is 3.33. The highest BCUT2D eigenvalue weighted by Crippen LogP contribution is 2.36. The lowest BCUT2D eigenvalue weighted by molar-refractivity contribution is -0.136. The standard InChI is InChI=1S/C22H20FNO3/c1-13-8-14(2)10-18(9-13)24-15(3)20(22(26)27-4)19(21(24)25)12-16-6-5-7-17(23)11-16/h5-12H,1-4H3/b19-12-. The number of nitrogens with zero attached hydrogens (tertiary/aromatic N) is 1. The zero-order valence-electron chi connectivity index (χ0n) is 15.7. The topological polar surface area (TPSA) is 46.6 Å². The number of allylic oxidation sites excluding steroid dienone is 1. The second-order valence-corrected chi connectivity index (χ2v) is 6.55. The summed E-state index contributed by atoms with van der Waals surface area (Å²) in [5.74, 6) is -1.36. The largest absolute Gasteiger partial charge is 0.465 e. The number of hydrogen-bond acceptors (Lipinski definition) is 3. The van der Waals surface area contributed by atoms with Crippen molar-refractivity contribution in [1.82, 2.24) is 0 Å². The van der Waals surface area contributed by atoms with Crippen molar-refractivity contribution in [2.75, 3.05) is 12.0 Å². The van der Waals surface area contributed by atoms with Crippen molar-refractivity contribution in [1.29, 1.82) is 0 Å². The second-order valence-electron chi connectivity index (χ2n) is 6.55. The number of carbonyl (C=O) groups is 2. The summed E-state index contributed by atoms with van der Waals surface area (Å²) in [7, 11) is 1.27. The van der Waals surface area contributed by atoms with Crippen LogP contribution >= 0.6 is 0 Å². The van der Waals surface area contributed by atoms with E-state index in [9.17, 15) is 14.0 Å². The molecule has 0 radical (unpaired) electrons. The van der Waals surface area contributed by atoms with Gasteiger partial charge in [-0.1, -0.05) is 18.2 Å². The van der Waals surface area contributed by atoms with Crippen molar-refractivity contribution in [2.45, 2.75) is 20.8 Å². The van der Waals surface area contributed by atoms with Crippen molar-refractivity contribution < 1.29 is 18.7 Å². The number of ether oxygens (including phenoxy) is 1. The lowest BCUT2D eigenvalue weighted by Gasteiger charge is -2.19. The highest BCUT2D eigenvalue weighted by atomic mass is 19.1. The van der Waals surface area contributed by atoms with Crippen molar-refractivity contribution in [2.24, 2.45) is 0 Å². The lowest BCUT2D eigenvalue weighted by Crippen LogP contribution is -2.24. The van der Waals surface area contributed by atoms with Gasteiger partial charge in [0.05, 0.1) is 18.3 Å². The quantitative estimate of drug-likeness (QED) is 0.601. The summed E-state index contributed by atoms with van der Waals surface area (Å²) in [4.78, 5) is 27.0. The van der Waals surface area contributed by atoms with Crippen LogP contribution in [-0.2, 0) is 14.3 Å². The fraction of sp³-hybridized carbons (Fsp3) is 0.182. The van der Waals surface area contributed by atoms with E-state index in [0.717, 1.165) is 11.1 Å². The molecule has 0 spiro atoms. The monoisotopic (exact) mass is 365 g/mol. The molecule has 4 nitrogen and oxygen atoms in total. The maximum Gasteiger partial charge on any atom is 0.340 e. The maximum absolute atomic E-state index is 13.5. The third-order valence-electron chi connectivity index (χ3n) is 4.41. The van der Waals surface area contributed by atoms with Crippen molar-refractivity contribution in [3.8, 4) is 0 Å². The van der Waals surface area contributed by atoms with E-state index in [4.69, 9.17) is 4.74 Å². The van der Waals surface area contributed by atoms with Gasteiger partial charge >= 0.3 is 5.97 Å². The number of amides is 1. The molecule has 0 aromatic heterocycles. The van der Waals surface area contributed by atoms with Gasteiger partial charge in [0.1, 0.15) is 5.82 Å². The summed E-state index contributed by atoms with van der Waals surface area (Å²) in [6, 6.07) is 11.6. The fourth-order valence-corrected chi connectivity index (χ4v) is 3.33. The maximum atomic E-state index is 13.5. The summed E-state index contributed by atoms with van der Waals surface area (Å²) in [6.45, 7) is 5.59. The summed E-state index contributed by atoms with van der Waals surface area (Å²) in [5.41, 5.74) is 4.05. The molecule has 2 aromatic rings. The van der Waals surface area contributed by atoms with E-state index in [-0.39, 0.29) is 17.1 Å². The lowest BCUT2D eigenvalue weighted by atomic mass is 10.0. The average molecular weight is 365 g/mol. The van der Waals surface area contributed by atoms with Crippen LogP contribution in [0.1, 0.15) is 23.6 Å². The van der Waals surface area contributed by atoms with Gasteiger partial charge < -0.3 is 4.74 Å². The number of methoxy groups -OCH3 is 1. The molecule has 138 valence electrons. The molecule has 1 aliphatic rings. The van der Waals surface area contributed by atoms with Crippen molar-refractivity contribution in [3.05, 3.63) is 81.8 Å². The first-order chi connectivity index (χ1) is 12.8. The van der Waals surface area contributed by atoms with Crippen LogP contribution < -0.4 is 4.90 Å². The van der Waals surface area contributed by atoms with Crippen LogP contribution in [0.3, 0.4) is 0 Å². The Labute approximate surface area is 157 Å². The number of carbonyl (C=O) groups excluding carboxylic acids is 2. The number of aryl methyl sites for hydroxylation is 2. The Morgan fingerprint density at radius 2 is 1.74 bits per heavy atom. The first-order valence-electron chi connectivity index (χ1n) is 8.51. The van der Waals surface area contributed by atoms with E-state index >= 15 is 0 Å². The van der Waals surface area contributed by atoms with Gasteiger partial charge in [0, 0.05) is 11.4 Å². The van der Waals surface area contributed by atoms with Gasteiger partial charge in [-0.2, -0.15) is 0 Å². The molecule has 27 heavy (non-hydrogen) atoms. The van der Waals surface area contributed by atoms with Gasteiger partial charge in [0.15, 0.2) is 0 Å². The zero-order chi connectivity index (χ0) is 19.7. The van der Waals surface area contributed by atoms with Gasteiger partial charge in [0.2, 0.25) is 0 Å². The second kappa shape index (κ2) is 7.19. The Kier molecular flexibility index (Phi) is 4.95. The minimum Gasteiger partial charge on any atom is -0.465 e. The van der Waals surface area contributed by atoms with Crippen molar-refractivity contribution >= 4 is 23.6 Å². The molecule has 3 rings (SSSR count). The number of halogens is 1. The Bertz CT molecular complexity index is 984. The molecule has 1 aliphatic heterocycles. The van der Waals surface area contributed by atoms with Crippen LogP contribution in [0.15, 0.2) is 59.3 Å². The first kappa shape index (κ1) is 18.6. The molecule has 2 aromatic carbocycles. The third kappa shape index (κ3) is 3.53. The van der Waals surface area contributed by atoms with E-state index in [1.54, 1.807) is 19.1 Å². The molecular weight excluding hydrogens is 345 g/mol. The molecular formula is C22H20FNO3. The van der Waals surface area contributed by atoms with Crippen LogP contribution in [-0.4, -0.2) is 19.0 Å². The van der Waals surface area contributed by atoms with Gasteiger partial charge in [-0.15, -0.1) is 0 Å². The molecule has 0 N–H and O–H groups in total.